The summed E-state index contributed by atoms with van der Waals surface area (Å²) in [6.45, 7) is 4.68. The van der Waals surface area contributed by atoms with Gasteiger partial charge in [0.15, 0.2) is 0 Å². The highest BCUT2D eigenvalue weighted by molar-refractivity contribution is 7.80. The summed E-state index contributed by atoms with van der Waals surface area (Å²) >= 11 is 4.70. The van der Waals surface area contributed by atoms with Gasteiger partial charge in [0.05, 0.1) is 0 Å². The number of nitriles is 1. The van der Waals surface area contributed by atoms with Crippen LogP contribution in [0, 0.1) is 11.3 Å². The van der Waals surface area contributed by atoms with Crippen LogP contribution in [-0.2, 0) is 0 Å². The second-order valence-corrected chi connectivity index (χ2v) is 2.84. The first-order chi connectivity index (χ1) is 5.63. The van der Waals surface area contributed by atoms with E-state index in [0.29, 0.717) is 5.57 Å². The van der Waals surface area contributed by atoms with Crippen molar-refractivity contribution < 1.29 is 0 Å². The minimum absolute atomic E-state index is 0.151. The molecule has 0 unspecified atom stereocenters. The SMILES string of the molecule is CCCN/C(C)=C(/C#N)C(N)=S. The fourth-order valence-corrected chi connectivity index (χ4v) is 0.923. The first-order valence-electron chi connectivity index (χ1n) is 3.78. The van der Waals surface area contributed by atoms with Crippen molar-refractivity contribution in [3.8, 4) is 6.07 Å². The fourth-order valence-electron chi connectivity index (χ4n) is 0.725. The van der Waals surface area contributed by atoms with Gasteiger partial charge < -0.3 is 11.1 Å². The van der Waals surface area contributed by atoms with Crippen LogP contribution in [0.15, 0.2) is 11.3 Å². The van der Waals surface area contributed by atoms with E-state index in [1.165, 1.54) is 0 Å². The van der Waals surface area contributed by atoms with Crippen LogP contribution in [0.2, 0.25) is 0 Å². The van der Waals surface area contributed by atoms with Crippen LogP contribution in [0.3, 0.4) is 0 Å². The Balaban J connectivity index is 4.42. The van der Waals surface area contributed by atoms with E-state index in [0.717, 1.165) is 18.7 Å². The van der Waals surface area contributed by atoms with E-state index >= 15 is 0 Å². The van der Waals surface area contributed by atoms with Gasteiger partial charge in [-0.2, -0.15) is 5.26 Å². The summed E-state index contributed by atoms with van der Waals surface area (Å²) in [6, 6.07) is 1.96. The minimum Gasteiger partial charge on any atom is -0.389 e. The molecule has 12 heavy (non-hydrogen) atoms. The predicted octanol–water partition coefficient (Wildman–Crippen LogP) is 1.07. The van der Waals surface area contributed by atoms with E-state index in [4.69, 9.17) is 23.2 Å². The average Bonchev–Trinajstić information content (AvgIpc) is 2.01. The zero-order chi connectivity index (χ0) is 9.56. The van der Waals surface area contributed by atoms with Gasteiger partial charge in [0.25, 0.3) is 0 Å². The maximum atomic E-state index is 8.65. The van der Waals surface area contributed by atoms with Crippen LogP contribution in [0.5, 0.6) is 0 Å². The maximum absolute atomic E-state index is 8.65. The van der Waals surface area contributed by atoms with Crippen molar-refractivity contribution in [2.45, 2.75) is 20.3 Å². The Morgan fingerprint density at radius 2 is 2.25 bits per heavy atom. The topological polar surface area (TPSA) is 61.8 Å². The van der Waals surface area contributed by atoms with E-state index in [1.807, 2.05) is 13.0 Å². The molecule has 0 saturated carbocycles. The number of allylic oxidation sites excluding steroid dienone is 1. The zero-order valence-electron chi connectivity index (χ0n) is 7.35. The van der Waals surface area contributed by atoms with Crippen LogP contribution in [0.4, 0.5) is 0 Å². The normalized spacial score (nSPS) is 11.4. The van der Waals surface area contributed by atoms with Gasteiger partial charge >= 0.3 is 0 Å². The molecule has 0 fully saturated rings. The van der Waals surface area contributed by atoms with Gasteiger partial charge in [-0.3, -0.25) is 0 Å². The molecule has 0 aliphatic heterocycles. The van der Waals surface area contributed by atoms with Crippen molar-refractivity contribution in [2.75, 3.05) is 6.54 Å². The number of hydrogen-bond acceptors (Lipinski definition) is 3. The Labute approximate surface area is 78.2 Å². The number of hydrogen-bond donors (Lipinski definition) is 2. The zero-order valence-corrected chi connectivity index (χ0v) is 8.16. The van der Waals surface area contributed by atoms with Crippen LogP contribution >= 0.6 is 12.2 Å². The third-order valence-electron chi connectivity index (χ3n) is 1.37. The molecule has 0 spiro atoms. The van der Waals surface area contributed by atoms with Crippen LogP contribution < -0.4 is 11.1 Å². The lowest BCUT2D eigenvalue weighted by Gasteiger charge is -2.06. The van der Waals surface area contributed by atoms with Crippen molar-refractivity contribution >= 4 is 17.2 Å². The fraction of sp³-hybridized carbons (Fsp3) is 0.500. The van der Waals surface area contributed by atoms with Crippen molar-refractivity contribution in [1.82, 2.24) is 5.32 Å². The molecule has 0 aromatic heterocycles. The Morgan fingerprint density at radius 1 is 1.67 bits per heavy atom. The summed E-state index contributed by atoms with van der Waals surface area (Å²) in [4.78, 5) is 0.151. The molecule has 0 rings (SSSR count). The minimum atomic E-state index is 0.151. The van der Waals surface area contributed by atoms with Gasteiger partial charge in [0.1, 0.15) is 16.6 Å². The molecular formula is C8H13N3S. The first kappa shape index (κ1) is 10.9. The van der Waals surface area contributed by atoms with Crippen LogP contribution in [-0.4, -0.2) is 11.5 Å². The highest BCUT2D eigenvalue weighted by Crippen LogP contribution is 1.99. The van der Waals surface area contributed by atoms with Crippen molar-refractivity contribution in [1.29, 1.82) is 5.26 Å². The average molecular weight is 183 g/mol. The smallest absolute Gasteiger partial charge is 0.116 e. The molecule has 0 aliphatic rings. The number of nitrogens with two attached hydrogens (primary N) is 1. The Morgan fingerprint density at radius 3 is 2.58 bits per heavy atom. The quantitative estimate of drug-likeness (QED) is 0.389. The Hall–Kier alpha value is -1.08. The molecule has 66 valence electrons. The lowest BCUT2D eigenvalue weighted by molar-refractivity contribution is 0.767. The standard InChI is InChI=1S/C8H13N3S/c1-3-4-11-6(2)7(5-9)8(10)12/h11H,3-4H2,1-2H3,(H2,10,12)/b7-6-. The third-order valence-corrected chi connectivity index (χ3v) is 1.58. The van der Waals surface area contributed by atoms with E-state index in [9.17, 15) is 0 Å². The Kier molecular flexibility index (Phi) is 5.06. The predicted molar refractivity (Wildman–Crippen MR) is 53.4 cm³/mol. The van der Waals surface area contributed by atoms with Crippen molar-refractivity contribution in [2.24, 2.45) is 5.73 Å². The summed E-state index contributed by atoms with van der Waals surface area (Å²) in [5, 5.41) is 11.7. The van der Waals surface area contributed by atoms with Crippen LogP contribution in [0.25, 0.3) is 0 Å². The summed E-state index contributed by atoms with van der Waals surface area (Å²) in [5.74, 6) is 0. The maximum Gasteiger partial charge on any atom is 0.116 e. The molecule has 3 N–H and O–H groups in total. The molecular weight excluding hydrogens is 170 g/mol. The molecule has 0 atom stereocenters. The first-order valence-corrected chi connectivity index (χ1v) is 4.19. The van der Waals surface area contributed by atoms with Crippen molar-refractivity contribution in [3.05, 3.63) is 11.3 Å². The molecule has 0 aromatic carbocycles. The lowest BCUT2D eigenvalue weighted by Crippen LogP contribution is -2.19. The van der Waals surface area contributed by atoms with Gasteiger partial charge in [0, 0.05) is 12.2 Å². The monoisotopic (exact) mass is 183 g/mol. The van der Waals surface area contributed by atoms with Gasteiger partial charge in [-0.15, -0.1) is 0 Å². The molecule has 4 heteroatoms. The van der Waals surface area contributed by atoms with Gasteiger partial charge in [-0.25, -0.2) is 0 Å². The third kappa shape index (κ3) is 3.35. The largest absolute Gasteiger partial charge is 0.389 e. The van der Waals surface area contributed by atoms with Gasteiger partial charge in [0.2, 0.25) is 0 Å². The van der Waals surface area contributed by atoms with E-state index in [2.05, 4.69) is 5.32 Å². The van der Waals surface area contributed by atoms with E-state index in [-0.39, 0.29) is 4.99 Å². The molecule has 0 aromatic rings. The van der Waals surface area contributed by atoms with Gasteiger partial charge in [-0.05, 0) is 13.3 Å². The summed E-state index contributed by atoms with van der Waals surface area (Å²) < 4.78 is 0. The molecule has 0 radical (unpaired) electrons. The van der Waals surface area contributed by atoms with Crippen LogP contribution in [0.1, 0.15) is 20.3 Å². The number of nitrogens with zero attached hydrogens (tertiary/aromatic N) is 1. The lowest BCUT2D eigenvalue weighted by atomic mass is 10.2. The number of nitrogens with one attached hydrogen (secondary N) is 1. The molecule has 3 nitrogen and oxygen atoms in total. The molecule has 0 saturated heterocycles. The molecule has 0 aliphatic carbocycles. The number of thiocarbonyl (C=S) groups is 1. The molecule has 0 heterocycles. The Bertz CT molecular complexity index is 237. The molecule has 0 bridgehead atoms. The number of rotatable bonds is 4. The highest BCUT2D eigenvalue weighted by atomic mass is 32.1. The second kappa shape index (κ2) is 5.56. The van der Waals surface area contributed by atoms with E-state index in [1.54, 1.807) is 6.92 Å². The second-order valence-electron chi connectivity index (χ2n) is 2.40. The summed E-state index contributed by atoms with van der Waals surface area (Å²) in [5.41, 5.74) is 6.46. The highest BCUT2D eigenvalue weighted by Gasteiger charge is 2.03. The summed E-state index contributed by atoms with van der Waals surface area (Å²) in [6.07, 6.45) is 1.01. The van der Waals surface area contributed by atoms with Crippen molar-refractivity contribution in [3.63, 3.8) is 0 Å². The van der Waals surface area contributed by atoms with E-state index < -0.39 is 0 Å². The molecule has 0 amide bonds. The van der Waals surface area contributed by atoms with Gasteiger partial charge in [-0.1, -0.05) is 19.1 Å². The summed E-state index contributed by atoms with van der Waals surface area (Å²) in [7, 11) is 0.